The number of fused-ring (bicyclic) bond motifs is 1. The smallest absolute Gasteiger partial charge is 0.315 e. The lowest BCUT2D eigenvalue weighted by Gasteiger charge is -2.11. The fourth-order valence-corrected chi connectivity index (χ4v) is 4.28. The van der Waals surface area contributed by atoms with Gasteiger partial charge in [0, 0.05) is 24.2 Å². The van der Waals surface area contributed by atoms with E-state index in [1.54, 1.807) is 0 Å². The van der Waals surface area contributed by atoms with Crippen LogP contribution in [0.1, 0.15) is 11.3 Å². The number of hydrogen-bond acceptors (Lipinski definition) is 7. The molecule has 4 heterocycles. The van der Waals surface area contributed by atoms with Crippen LogP contribution in [0.15, 0.2) is 33.6 Å². The Morgan fingerprint density at radius 1 is 1.14 bits per heavy atom. The van der Waals surface area contributed by atoms with Gasteiger partial charge < -0.3 is 9.88 Å². The second kappa shape index (κ2) is 9.13. The van der Waals surface area contributed by atoms with Crippen molar-refractivity contribution in [3.63, 3.8) is 0 Å². The first-order valence-corrected chi connectivity index (χ1v) is 11.0. The van der Waals surface area contributed by atoms with Gasteiger partial charge in [0.05, 0.1) is 6.33 Å². The van der Waals surface area contributed by atoms with Gasteiger partial charge in [-0.3, -0.25) is 19.1 Å². The maximum atomic E-state index is 12.9. The number of rotatable bonds is 5. The van der Waals surface area contributed by atoms with E-state index in [-0.39, 0.29) is 32.1 Å². The summed E-state index contributed by atoms with van der Waals surface area (Å²) < 4.78 is 79.2. The van der Waals surface area contributed by atoms with Crippen molar-refractivity contribution >= 4 is 34.2 Å². The van der Waals surface area contributed by atoms with Gasteiger partial charge in [0.1, 0.15) is 29.6 Å². The Labute approximate surface area is 205 Å². The first-order valence-electron chi connectivity index (χ1n) is 10.2. The molecule has 1 N–H and O–H groups in total. The Kier molecular flexibility index (Phi) is 6.43. The van der Waals surface area contributed by atoms with Gasteiger partial charge in [-0.05, 0) is 18.6 Å². The third kappa shape index (κ3) is 5.25. The highest BCUT2D eigenvalue weighted by Gasteiger charge is 2.34. The molecule has 10 nitrogen and oxygen atoms in total. The number of halogens is 6. The van der Waals surface area contributed by atoms with Gasteiger partial charge in [-0.25, -0.2) is 19.3 Å². The summed E-state index contributed by atoms with van der Waals surface area (Å²) in [6.45, 7) is -1.11. The molecule has 0 atom stereocenters. The van der Waals surface area contributed by atoms with Crippen LogP contribution in [0, 0.1) is 6.92 Å². The van der Waals surface area contributed by atoms with Crippen LogP contribution >= 0.6 is 11.3 Å². The molecule has 4 aromatic rings. The summed E-state index contributed by atoms with van der Waals surface area (Å²) in [7, 11) is 1.14. The van der Waals surface area contributed by atoms with Gasteiger partial charge in [0.15, 0.2) is 11.2 Å². The molecule has 0 aliphatic carbocycles. The number of carbonyl (C=O) groups excluding carboxylic acids is 1. The Balaban J connectivity index is 1.57. The van der Waals surface area contributed by atoms with Crippen molar-refractivity contribution in [3.05, 3.63) is 56.1 Å². The lowest BCUT2D eigenvalue weighted by molar-refractivity contribution is -0.142. The van der Waals surface area contributed by atoms with Gasteiger partial charge in [0.2, 0.25) is 5.91 Å². The van der Waals surface area contributed by atoms with Gasteiger partial charge in [-0.1, -0.05) is 0 Å². The molecule has 0 saturated heterocycles. The van der Waals surface area contributed by atoms with Crippen LogP contribution in [-0.2, 0) is 31.1 Å². The maximum absolute atomic E-state index is 12.9. The van der Waals surface area contributed by atoms with Crippen LogP contribution in [0.4, 0.5) is 32.2 Å². The second-order valence-electron chi connectivity index (χ2n) is 7.87. The topological polar surface area (TPSA) is 117 Å². The number of aryl methyl sites for hydroxylation is 2. The van der Waals surface area contributed by atoms with E-state index >= 15 is 0 Å². The van der Waals surface area contributed by atoms with Crippen molar-refractivity contribution in [2.45, 2.75) is 32.4 Å². The van der Waals surface area contributed by atoms with Gasteiger partial charge in [-0.2, -0.15) is 26.3 Å². The van der Waals surface area contributed by atoms with E-state index in [2.05, 4.69) is 20.3 Å². The monoisotopic (exact) mass is 547 g/mol. The number of hydrogen-bond donors (Lipinski definition) is 1. The lowest BCUT2D eigenvalue weighted by Crippen LogP contribution is -2.43. The van der Waals surface area contributed by atoms with Crippen LogP contribution in [-0.4, -0.2) is 40.7 Å². The standard InChI is InChI=1S/C20H15F6N7O3S/c1-9-3-10(4-27-14(9)20(24,25)26)16-30-11(6-37-16)29-12(34)5-32-8-28-15-13(32)17(35)33(7-19(21,22)23)18(36)31(15)2/h3-4,6,8H,5,7H2,1-2H3,(H,29,34). The number of alkyl halides is 6. The molecular weight excluding hydrogens is 532 g/mol. The van der Waals surface area contributed by atoms with Crippen LogP contribution in [0.25, 0.3) is 21.7 Å². The van der Waals surface area contributed by atoms with E-state index in [1.165, 1.54) is 18.4 Å². The minimum atomic E-state index is -4.84. The first-order chi connectivity index (χ1) is 17.2. The molecule has 0 unspecified atom stereocenters. The molecular formula is C20H15F6N7O3S. The maximum Gasteiger partial charge on any atom is 0.433 e. The molecule has 37 heavy (non-hydrogen) atoms. The highest BCUT2D eigenvalue weighted by atomic mass is 32.1. The lowest BCUT2D eigenvalue weighted by atomic mass is 10.1. The number of imidazole rings is 1. The van der Waals surface area contributed by atoms with Gasteiger partial charge in [-0.15, -0.1) is 11.3 Å². The first kappa shape index (κ1) is 26.1. The number of aromatic nitrogens is 6. The average Bonchev–Trinajstić information content (AvgIpc) is 3.41. The van der Waals surface area contributed by atoms with Crippen molar-refractivity contribution in [2.24, 2.45) is 7.05 Å². The molecule has 0 aliphatic rings. The molecule has 0 bridgehead atoms. The van der Waals surface area contributed by atoms with E-state index in [0.717, 1.165) is 40.0 Å². The number of amides is 1. The molecule has 17 heteroatoms. The zero-order valence-corrected chi connectivity index (χ0v) is 19.6. The number of pyridine rings is 1. The normalized spacial score (nSPS) is 12.3. The molecule has 196 valence electrons. The quantitative estimate of drug-likeness (QED) is 0.384. The molecule has 0 fully saturated rings. The van der Waals surface area contributed by atoms with E-state index < -0.39 is 48.3 Å². The fourth-order valence-electron chi connectivity index (χ4n) is 3.55. The molecule has 0 aromatic carbocycles. The number of anilines is 1. The predicted octanol–water partition coefficient (Wildman–Crippen LogP) is 2.94. The highest BCUT2D eigenvalue weighted by Crippen LogP contribution is 2.33. The Bertz CT molecular complexity index is 1630. The summed E-state index contributed by atoms with van der Waals surface area (Å²) in [6, 6.07) is 1.26. The fraction of sp³-hybridized carbons (Fsp3) is 0.300. The van der Waals surface area contributed by atoms with E-state index in [4.69, 9.17) is 0 Å². The van der Waals surface area contributed by atoms with Crippen molar-refractivity contribution in [3.8, 4) is 10.6 Å². The van der Waals surface area contributed by atoms with Gasteiger partial charge in [0.25, 0.3) is 5.56 Å². The zero-order valence-electron chi connectivity index (χ0n) is 18.8. The molecule has 0 radical (unpaired) electrons. The third-order valence-corrected chi connectivity index (χ3v) is 6.01. The van der Waals surface area contributed by atoms with Crippen LogP contribution in [0.2, 0.25) is 0 Å². The van der Waals surface area contributed by atoms with Crippen molar-refractivity contribution < 1.29 is 31.1 Å². The third-order valence-electron chi connectivity index (χ3n) is 5.12. The number of thiazole rings is 1. The average molecular weight is 547 g/mol. The Morgan fingerprint density at radius 2 is 1.84 bits per heavy atom. The van der Waals surface area contributed by atoms with Crippen LogP contribution in [0.3, 0.4) is 0 Å². The van der Waals surface area contributed by atoms with Crippen molar-refractivity contribution in [1.82, 2.24) is 28.7 Å². The zero-order chi connectivity index (χ0) is 27.3. The number of nitrogens with one attached hydrogen (secondary N) is 1. The van der Waals surface area contributed by atoms with E-state index in [1.807, 2.05) is 0 Å². The van der Waals surface area contributed by atoms with E-state index in [0.29, 0.717) is 5.56 Å². The summed E-state index contributed by atoms with van der Waals surface area (Å²) in [5.74, 6) is -0.678. The highest BCUT2D eigenvalue weighted by molar-refractivity contribution is 7.13. The molecule has 4 rings (SSSR count). The summed E-state index contributed by atoms with van der Waals surface area (Å²) in [6.07, 6.45) is -7.40. The van der Waals surface area contributed by atoms with E-state index in [9.17, 15) is 40.7 Å². The largest absolute Gasteiger partial charge is 0.433 e. The SMILES string of the molecule is Cc1cc(-c2nc(NC(=O)Cn3cnc4c3c(=O)n(CC(F)(F)F)c(=O)n4C)cs2)cnc1C(F)(F)F. The molecule has 4 aromatic heterocycles. The molecule has 0 aliphatic heterocycles. The summed E-state index contributed by atoms with van der Waals surface area (Å²) in [5, 5.41) is 4.14. The minimum absolute atomic E-state index is 0.00517. The summed E-state index contributed by atoms with van der Waals surface area (Å²) >= 11 is 1.03. The van der Waals surface area contributed by atoms with Gasteiger partial charge >= 0.3 is 18.0 Å². The second-order valence-corrected chi connectivity index (χ2v) is 8.72. The summed E-state index contributed by atoms with van der Waals surface area (Å²) in [4.78, 5) is 48.9. The Morgan fingerprint density at radius 3 is 2.46 bits per heavy atom. The molecule has 1 amide bonds. The summed E-state index contributed by atoms with van der Waals surface area (Å²) in [5.41, 5.74) is -3.91. The minimum Gasteiger partial charge on any atom is -0.315 e. The number of carbonyl (C=O) groups is 1. The van der Waals surface area contributed by atoms with Crippen molar-refractivity contribution in [1.29, 1.82) is 0 Å². The van der Waals surface area contributed by atoms with Crippen LogP contribution in [0.5, 0.6) is 0 Å². The van der Waals surface area contributed by atoms with Crippen LogP contribution < -0.4 is 16.6 Å². The Hall–Kier alpha value is -4.02. The van der Waals surface area contributed by atoms with Crippen molar-refractivity contribution in [2.75, 3.05) is 5.32 Å². The number of nitrogens with zero attached hydrogens (tertiary/aromatic N) is 6. The molecule has 0 spiro atoms. The predicted molar refractivity (Wildman–Crippen MR) is 119 cm³/mol. The molecule has 0 saturated carbocycles.